The summed E-state index contributed by atoms with van der Waals surface area (Å²) in [5, 5.41) is 2.21. The predicted octanol–water partition coefficient (Wildman–Crippen LogP) is 9.85. The van der Waals surface area contributed by atoms with Gasteiger partial charge in [0.1, 0.15) is 23.0 Å². The van der Waals surface area contributed by atoms with Gasteiger partial charge in [-0.05, 0) is 125 Å². The number of aliphatic imine (C=N–C) groups is 2. The Hall–Kier alpha value is -4.20. The van der Waals surface area contributed by atoms with Crippen LogP contribution in [-0.4, -0.2) is 37.4 Å². The quantitative estimate of drug-likeness (QED) is 0.171. The second-order valence-corrected chi connectivity index (χ2v) is 19.4. The van der Waals surface area contributed by atoms with Crippen LogP contribution >= 0.6 is 23.5 Å². The standard InChI is InChI=1S/C44H41BN2O2S2/c1-41(2)43(5,6)50-39(46-41)30-14-9-12-26(22-30)28-18-20-32-36(24-28)48-34-16-11-17-35-38(34)45(32)33-21-19-29(25-37(33)49-35)27-13-10-15-31(23-27)40-47-42(3,4)44(7,8)51-40/h9-25H,1-8H3. The van der Waals surface area contributed by atoms with Crippen molar-refractivity contribution >= 4 is 56.7 Å². The number of fused-ring (bicyclic) bond motifs is 4. The fraction of sp³-hybridized carbons (Fsp3) is 0.273. The van der Waals surface area contributed by atoms with E-state index in [-0.39, 0.29) is 27.3 Å². The van der Waals surface area contributed by atoms with Gasteiger partial charge in [0.05, 0.1) is 21.2 Å². The molecular weight excluding hydrogens is 663 g/mol. The zero-order valence-corrected chi connectivity index (χ0v) is 32.1. The first-order valence-corrected chi connectivity index (χ1v) is 19.4. The third kappa shape index (κ3) is 5.22. The summed E-state index contributed by atoms with van der Waals surface area (Å²) in [5.74, 6) is 3.46. The van der Waals surface area contributed by atoms with Gasteiger partial charge in [-0.2, -0.15) is 0 Å². The van der Waals surface area contributed by atoms with Crippen molar-refractivity contribution in [1.82, 2.24) is 0 Å². The number of nitrogens with zero attached hydrogens (tertiary/aromatic N) is 2. The molecule has 0 aliphatic carbocycles. The number of ether oxygens (including phenoxy) is 2. The first-order valence-electron chi connectivity index (χ1n) is 17.8. The molecule has 0 atom stereocenters. The number of rotatable bonds is 4. The zero-order valence-electron chi connectivity index (χ0n) is 30.4. The predicted molar refractivity (Wildman–Crippen MR) is 220 cm³/mol. The molecule has 0 unspecified atom stereocenters. The van der Waals surface area contributed by atoms with Gasteiger partial charge in [0.15, 0.2) is 0 Å². The van der Waals surface area contributed by atoms with Gasteiger partial charge in [-0.3, -0.25) is 9.98 Å². The first-order chi connectivity index (χ1) is 24.2. The molecule has 9 rings (SSSR count). The van der Waals surface area contributed by atoms with Gasteiger partial charge in [0, 0.05) is 26.1 Å². The minimum atomic E-state index is -0.126. The fourth-order valence-electron chi connectivity index (χ4n) is 7.25. The Balaban J connectivity index is 1.07. The second-order valence-electron chi connectivity index (χ2n) is 16.1. The van der Waals surface area contributed by atoms with Crippen molar-refractivity contribution in [2.24, 2.45) is 9.98 Å². The second kappa shape index (κ2) is 11.2. The van der Waals surface area contributed by atoms with Crippen LogP contribution in [0, 0.1) is 0 Å². The molecule has 0 spiro atoms. The number of thioether (sulfide) groups is 2. The lowest BCUT2D eigenvalue weighted by Gasteiger charge is -2.33. The minimum Gasteiger partial charge on any atom is -0.458 e. The van der Waals surface area contributed by atoms with Crippen molar-refractivity contribution in [2.45, 2.75) is 76.0 Å². The summed E-state index contributed by atoms with van der Waals surface area (Å²) in [5.41, 5.74) is 9.99. The minimum absolute atomic E-state index is 0.00637. The van der Waals surface area contributed by atoms with Crippen LogP contribution < -0.4 is 25.9 Å². The van der Waals surface area contributed by atoms with Gasteiger partial charge in [-0.25, -0.2) is 0 Å². The molecule has 0 fully saturated rings. The Morgan fingerprint density at radius 3 is 1.25 bits per heavy atom. The van der Waals surface area contributed by atoms with Gasteiger partial charge >= 0.3 is 0 Å². The van der Waals surface area contributed by atoms with E-state index in [4.69, 9.17) is 19.5 Å². The van der Waals surface area contributed by atoms with Crippen molar-refractivity contribution in [3.05, 3.63) is 114 Å². The highest BCUT2D eigenvalue weighted by Gasteiger charge is 2.45. The maximum Gasteiger partial charge on any atom is 0.260 e. The maximum absolute atomic E-state index is 6.65. The van der Waals surface area contributed by atoms with Gasteiger partial charge in [0.25, 0.3) is 6.71 Å². The van der Waals surface area contributed by atoms with E-state index >= 15 is 0 Å². The van der Waals surface area contributed by atoms with Crippen LogP contribution in [0.1, 0.15) is 66.5 Å². The van der Waals surface area contributed by atoms with Crippen molar-refractivity contribution in [1.29, 1.82) is 0 Å². The van der Waals surface area contributed by atoms with E-state index in [0.717, 1.165) is 82.9 Å². The topological polar surface area (TPSA) is 43.2 Å². The summed E-state index contributed by atoms with van der Waals surface area (Å²) in [6, 6.07) is 37.0. The molecule has 4 heterocycles. The van der Waals surface area contributed by atoms with E-state index in [0.29, 0.717) is 0 Å². The fourth-order valence-corrected chi connectivity index (χ4v) is 9.84. The van der Waals surface area contributed by atoms with E-state index in [1.807, 2.05) is 29.6 Å². The molecule has 4 aliphatic heterocycles. The lowest BCUT2D eigenvalue weighted by atomic mass is 9.35. The Kier molecular flexibility index (Phi) is 7.15. The average molecular weight is 705 g/mol. The monoisotopic (exact) mass is 704 g/mol. The first kappa shape index (κ1) is 32.7. The van der Waals surface area contributed by atoms with Crippen LogP contribution in [0.4, 0.5) is 0 Å². The molecule has 5 aromatic carbocycles. The number of hydrogen-bond acceptors (Lipinski definition) is 6. The summed E-state index contributed by atoms with van der Waals surface area (Å²) in [6.45, 7) is 18.0. The van der Waals surface area contributed by atoms with Crippen molar-refractivity contribution < 1.29 is 9.47 Å². The molecule has 254 valence electrons. The maximum atomic E-state index is 6.65. The lowest BCUT2D eigenvalue weighted by Crippen LogP contribution is -2.57. The number of benzene rings is 5. The van der Waals surface area contributed by atoms with Crippen LogP contribution in [0.2, 0.25) is 0 Å². The van der Waals surface area contributed by atoms with Crippen LogP contribution in [0.15, 0.2) is 113 Å². The third-order valence-corrected chi connectivity index (χ3v) is 14.8. The van der Waals surface area contributed by atoms with E-state index in [2.05, 4.69) is 152 Å². The molecule has 4 aliphatic rings. The molecule has 0 amide bonds. The summed E-state index contributed by atoms with van der Waals surface area (Å²) in [7, 11) is 0. The highest BCUT2D eigenvalue weighted by Crippen LogP contribution is 2.48. The van der Waals surface area contributed by atoms with Gasteiger partial charge < -0.3 is 9.47 Å². The molecule has 0 aromatic heterocycles. The summed E-state index contributed by atoms with van der Waals surface area (Å²) in [6.07, 6.45) is 0. The van der Waals surface area contributed by atoms with E-state index in [1.54, 1.807) is 0 Å². The highest BCUT2D eigenvalue weighted by atomic mass is 32.2. The van der Waals surface area contributed by atoms with Crippen molar-refractivity contribution in [2.75, 3.05) is 0 Å². The average Bonchev–Trinajstić information content (AvgIpc) is 3.47. The molecule has 51 heavy (non-hydrogen) atoms. The molecule has 7 heteroatoms. The third-order valence-electron chi connectivity index (χ3n) is 11.7. The molecule has 4 nitrogen and oxygen atoms in total. The summed E-state index contributed by atoms with van der Waals surface area (Å²) >= 11 is 3.73. The van der Waals surface area contributed by atoms with Crippen molar-refractivity contribution in [3.8, 4) is 45.3 Å². The molecule has 0 bridgehead atoms. The lowest BCUT2D eigenvalue weighted by molar-refractivity contribution is 0.426. The van der Waals surface area contributed by atoms with Crippen LogP contribution in [0.3, 0.4) is 0 Å². The van der Waals surface area contributed by atoms with Gasteiger partial charge in [0.2, 0.25) is 0 Å². The van der Waals surface area contributed by atoms with E-state index in [1.165, 1.54) is 0 Å². The molecule has 0 saturated carbocycles. The van der Waals surface area contributed by atoms with Gasteiger partial charge in [-0.15, -0.1) is 0 Å². The Morgan fingerprint density at radius 2 is 0.843 bits per heavy atom. The van der Waals surface area contributed by atoms with E-state index in [9.17, 15) is 0 Å². The van der Waals surface area contributed by atoms with Crippen LogP contribution in [0.25, 0.3) is 22.3 Å². The Bertz CT molecular complexity index is 2200. The summed E-state index contributed by atoms with van der Waals surface area (Å²) in [4.78, 5) is 10.3. The Morgan fingerprint density at radius 1 is 0.451 bits per heavy atom. The molecule has 0 radical (unpaired) electrons. The SMILES string of the molecule is CC1(C)N=C(c2cccc(-c3ccc4c(c3)Oc3cccc5c3B4c3ccc(-c4cccc(C6=NC(C)(C)C(C)(C)S6)c4)cc3O5)c2)SC1(C)C. The molecule has 0 saturated heterocycles. The molecule has 0 N–H and O–H groups in total. The highest BCUT2D eigenvalue weighted by molar-refractivity contribution is 8.16. The van der Waals surface area contributed by atoms with Crippen molar-refractivity contribution in [3.63, 3.8) is 0 Å². The zero-order chi connectivity index (χ0) is 35.5. The number of hydrogen-bond donors (Lipinski definition) is 0. The molecular formula is C44H41BN2O2S2. The Labute approximate surface area is 310 Å². The normalized spacial score (nSPS) is 19.6. The largest absolute Gasteiger partial charge is 0.458 e. The molecule has 5 aromatic rings. The van der Waals surface area contributed by atoms with E-state index < -0.39 is 0 Å². The van der Waals surface area contributed by atoms with Gasteiger partial charge in [-0.1, -0.05) is 90.3 Å². The van der Waals surface area contributed by atoms with Crippen LogP contribution in [-0.2, 0) is 0 Å². The smallest absolute Gasteiger partial charge is 0.260 e. The summed E-state index contributed by atoms with van der Waals surface area (Å²) < 4.78 is 13.4. The van der Waals surface area contributed by atoms with Crippen LogP contribution in [0.5, 0.6) is 23.0 Å².